The Balaban J connectivity index is 2.03. The van der Waals surface area contributed by atoms with Gasteiger partial charge in [0, 0.05) is 6.61 Å². The summed E-state index contributed by atoms with van der Waals surface area (Å²) >= 11 is 1.27. The van der Waals surface area contributed by atoms with Crippen molar-refractivity contribution >= 4 is 23.2 Å². The normalized spacial score (nSPS) is 21.0. The first kappa shape index (κ1) is 15.9. The monoisotopic (exact) mass is 312 g/mol. The molecule has 1 amide bonds. The Kier molecular flexibility index (Phi) is 5.30. The molecule has 1 aliphatic heterocycles. The van der Waals surface area contributed by atoms with E-state index in [2.05, 4.69) is 10.3 Å². The first-order chi connectivity index (χ1) is 10.0. The molecule has 116 valence electrons. The number of aromatic nitrogens is 1. The predicted molar refractivity (Wildman–Crippen MR) is 78.4 cm³/mol. The lowest BCUT2D eigenvalue weighted by atomic mass is 9.99. The topological polar surface area (TPSA) is 88.5 Å². The Morgan fingerprint density at radius 1 is 1.62 bits per heavy atom. The molecule has 7 heteroatoms. The zero-order chi connectivity index (χ0) is 15.4. The summed E-state index contributed by atoms with van der Waals surface area (Å²) in [5, 5.41) is 12.6. The maximum absolute atomic E-state index is 12.2. The first-order valence-corrected chi connectivity index (χ1v) is 7.95. The zero-order valence-electron chi connectivity index (χ0n) is 12.2. The number of nitrogens with one attached hydrogen (secondary N) is 1. The Labute approximate surface area is 127 Å². The highest BCUT2D eigenvalue weighted by Crippen LogP contribution is 2.31. The molecular formula is C14H20N2O4S. The molecule has 2 N–H and O–H groups in total. The average Bonchev–Trinajstić information content (AvgIpc) is 3.12. The highest BCUT2D eigenvalue weighted by Gasteiger charge is 2.27. The summed E-state index contributed by atoms with van der Waals surface area (Å²) in [6, 6.07) is -0.879. The van der Waals surface area contributed by atoms with Crippen molar-refractivity contribution in [1.29, 1.82) is 0 Å². The van der Waals surface area contributed by atoms with E-state index in [1.807, 2.05) is 13.8 Å². The number of aliphatic carboxylic acids is 1. The minimum atomic E-state index is -1.01. The van der Waals surface area contributed by atoms with Crippen LogP contribution in [-0.2, 0) is 9.53 Å². The van der Waals surface area contributed by atoms with E-state index in [4.69, 9.17) is 4.74 Å². The van der Waals surface area contributed by atoms with Crippen molar-refractivity contribution in [2.24, 2.45) is 5.92 Å². The van der Waals surface area contributed by atoms with E-state index in [0.29, 0.717) is 11.3 Å². The van der Waals surface area contributed by atoms with Crippen LogP contribution in [0.3, 0.4) is 0 Å². The second-order valence-corrected chi connectivity index (χ2v) is 6.30. The average molecular weight is 312 g/mol. The van der Waals surface area contributed by atoms with Gasteiger partial charge in [-0.25, -0.2) is 9.78 Å². The van der Waals surface area contributed by atoms with Crippen LogP contribution in [-0.4, -0.2) is 34.6 Å². The third kappa shape index (κ3) is 3.79. The van der Waals surface area contributed by atoms with Gasteiger partial charge in [-0.2, -0.15) is 0 Å². The molecule has 3 unspecified atom stereocenters. The van der Waals surface area contributed by atoms with Crippen LogP contribution in [0.2, 0.25) is 0 Å². The number of thiazole rings is 1. The molecule has 1 aromatic rings. The van der Waals surface area contributed by atoms with E-state index in [1.54, 1.807) is 0 Å². The van der Waals surface area contributed by atoms with Crippen molar-refractivity contribution in [3.8, 4) is 0 Å². The van der Waals surface area contributed by atoms with Crippen LogP contribution in [0.15, 0.2) is 6.20 Å². The summed E-state index contributed by atoms with van der Waals surface area (Å²) in [7, 11) is 0. The lowest BCUT2D eigenvalue weighted by molar-refractivity contribution is -0.140. The summed E-state index contributed by atoms with van der Waals surface area (Å²) in [4.78, 5) is 28.0. The first-order valence-electron chi connectivity index (χ1n) is 7.14. The molecule has 0 bridgehead atoms. The molecule has 1 aromatic heterocycles. The van der Waals surface area contributed by atoms with Gasteiger partial charge in [0.1, 0.15) is 22.0 Å². The van der Waals surface area contributed by atoms with Crippen molar-refractivity contribution in [2.75, 3.05) is 6.61 Å². The molecule has 0 saturated carbocycles. The van der Waals surface area contributed by atoms with Gasteiger partial charge in [-0.1, -0.05) is 20.3 Å². The molecule has 2 heterocycles. The van der Waals surface area contributed by atoms with Gasteiger partial charge in [-0.05, 0) is 18.8 Å². The number of ether oxygens (including phenoxy) is 1. The summed E-state index contributed by atoms with van der Waals surface area (Å²) in [5.74, 6) is -1.52. The minimum absolute atomic E-state index is 0.0265. The quantitative estimate of drug-likeness (QED) is 0.841. The number of hydrogen-bond donors (Lipinski definition) is 2. The van der Waals surface area contributed by atoms with E-state index < -0.39 is 12.0 Å². The number of carbonyl (C=O) groups excluding carboxylic acids is 1. The largest absolute Gasteiger partial charge is 0.480 e. The van der Waals surface area contributed by atoms with Gasteiger partial charge in [0.2, 0.25) is 0 Å². The third-order valence-electron chi connectivity index (χ3n) is 3.72. The third-order valence-corrected chi connectivity index (χ3v) is 4.81. The number of hydrogen-bond acceptors (Lipinski definition) is 5. The molecule has 1 fully saturated rings. The molecule has 6 nitrogen and oxygen atoms in total. The molecule has 0 aromatic carbocycles. The number of nitrogens with zero attached hydrogens (tertiary/aromatic N) is 1. The van der Waals surface area contributed by atoms with E-state index in [1.165, 1.54) is 17.5 Å². The number of amides is 1. The summed E-state index contributed by atoms with van der Waals surface area (Å²) in [6.45, 7) is 4.43. The van der Waals surface area contributed by atoms with E-state index >= 15 is 0 Å². The van der Waals surface area contributed by atoms with Crippen molar-refractivity contribution in [3.63, 3.8) is 0 Å². The number of carboxylic acids is 1. The maximum atomic E-state index is 12.2. The highest BCUT2D eigenvalue weighted by molar-refractivity contribution is 7.13. The minimum Gasteiger partial charge on any atom is -0.480 e. The second kappa shape index (κ2) is 7.00. The molecule has 1 aliphatic rings. The molecule has 1 saturated heterocycles. The SMILES string of the molecule is CCC(C)C(NC(=O)c1cnc(C2CCCO2)s1)C(=O)O. The Bertz CT molecular complexity index is 511. The van der Waals surface area contributed by atoms with Gasteiger partial charge >= 0.3 is 5.97 Å². The Morgan fingerprint density at radius 3 is 2.95 bits per heavy atom. The van der Waals surface area contributed by atoms with Gasteiger partial charge < -0.3 is 15.2 Å². The van der Waals surface area contributed by atoms with Gasteiger partial charge in [-0.3, -0.25) is 4.79 Å². The van der Waals surface area contributed by atoms with Gasteiger partial charge in [0.25, 0.3) is 5.91 Å². The van der Waals surface area contributed by atoms with Crippen LogP contribution in [0, 0.1) is 5.92 Å². The standard InChI is InChI=1S/C14H20N2O4S/c1-3-8(2)11(14(18)19)16-12(17)10-7-15-13(21-10)9-5-4-6-20-9/h7-9,11H,3-6H2,1-2H3,(H,16,17)(H,18,19). The number of rotatable bonds is 6. The van der Waals surface area contributed by atoms with Crippen LogP contribution >= 0.6 is 11.3 Å². The van der Waals surface area contributed by atoms with Crippen molar-refractivity contribution < 1.29 is 19.4 Å². The Hall–Kier alpha value is -1.47. The van der Waals surface area contributed by atoms with Gasteiger partial charge in [0.15, 0.2) is 0 Å². The molecular weight excluding hydrogens is 292 g/mol. The summed E-state index contributed by atoms with van der Waals surface area (Å²) in [6.07, 6.45) is 4.06. The highest BCUT2D eigenvalue weighted by atomic mass is 32.1. The smallest absolute Gasteiger partial charge is 0.326 e. The second-order valence-electron chi connectivity index (χ2n) is 5.24. The van der Waals surface area contributed by atoms with Crippen LogP contribution in [0.5, 0.6) is 0 Å². The van der Waals surface area contributed by atoms with Crippen LogP contribution in [0.1, 0.15) is 53.9 Å². The van der Waals surface area contributed by atoms with E-state index in [9.17, 15) is 14.7 Å². The molecule has 2 rings (SSSR count). The van der Waals surface area contributed by atoms with Crippen molar-refractivity contribution in [2.45, 2.75) is 45.3 Å². The number of carbonyl (C=O) groups is 2. The zero-order valence-corrected chi connectivity index (χ0v) is 13.0. The summed E-state index contributed by atoms with van der Waals surface area (Å²) < 4.78 is 5.53. The molecule has 0 radical (unpaired) electrons. The predicted octanol–water partition coefficient (Wildman–Crippen LogP) is 2.22. The Morgan fingerprint density at radius 2 is 2.38 bits per heavy atom. The van der Waals surface area contributed by atoms with E-state index in [0.717, 1.165) is 24.5 Å². The fourth-order valence-corrected chi connectivity index (χ4v) is 3.11. The molecule has 0 aliphatic carbocycles. The van der Waals surface area contributed by atoms with E-state index in [-0.39, 0.29) is 17.9 Å². The molecule has 0 spiro atoms. The lowest BCUT2D eigenvalue weighted by Crippen LogP contribution is -2.44. The summed E-state index contributed by atoms with van der Waals surface area (Å²) in [5.41, 5.74) is 0. The van der Waals surface area contributed by atoms with Crippen LogP contribution in [0.4, 0.5) is 0 Å². The van der Waals surface area contributed by atoms with Gasteiger partial charge in [-0.15, -0.1) is 11.3 Å². The fourth-order valence-electron chi connectivity index (χ4n) is 2.21. The van der Waals surface area contributed by atoms with Gasteiger partial charge in [0.05, 0.1) is 6.20 Å². The van der Waals surface area contributed by atoms with Crippen LogP contribution in [0.25, 0.3) is 0 Å². The number of carboxylic acid groups (broad SMARTS) is 1. The molecule has 21 heavy (non-hydrogen) atoms. The molecule has 3 atom stereocenters. The fraction of sp³-hybridized carbons (Fsp3) is 0.643. The lowest BCUT2D eigenvalue weighted by Gasteiger charge is -2.19. The van der Waals surface area contributed by atoms with Crippen molar-refractivity contribution in [3.05, 3.63) is 16.1 Å². The maximum Gasteiger partial charge on any atom is 0.326 e. The van der Waals surface area contributed by atoms with Crippen LogP contribution < -0.4 is 5.32 Å². The van der Waals surface area contributed by atoms with Crippen molar-refractivity contribution in [1.82, 2.24) is 10.3 Å².